The quantitative estimate of drug-likeness (QED) is 0.671. The van der Waals surface area contributed by atoms with Gasteiger partial charge in [-0.3, -0.25) is 4.90 Å². The number of rotatable bonds is 5. The maximum Gasteiger partial charge on any atom is 0.126 e. The fourth-order valence-corrected chi connectivity index (χ4v) is 4.80. The molecular weight excluding hydrogens is 351 g/mol. The van der Waals surface area contributed by atoms with E-state index in [1.165, 1.54) is 33.8 Å². The van der Waals surface area contributed by atoms with Gasteiger partial charge in [-0.15, -0.1) is 0 Å². The molecule has 148 valence electrons. The molecule has 28 heavy (non-hydrogen) atoms. The van der Waals surface area contributed by atoms with Crippen LogP contribution in [-0.2, 0) is 13.0 Å². The first-order valence-electron chi connectivity index (χ1n) is 10.1. The van der Waals surface area contributed by atoms with Crippen LogP contribution in [0.25, 0.3) is 10.9 Å². The summed E-state index contributed by atoms with van der Waals surface area (Å²) in [6.07, 6.45) is 2.54. The zero-order valence-corrected chi connectivity index (χ0v) is 16.8. The molecule has 0 aliphatic carbocycles. The van der Waals surface area contributed by atoms with Crippen LogP contribution in [0.1, 0.15) is 35.2 Å². The lowest BCUT2D eigenvalue weighted by atomic mass is 9.75. The molecule has 0 saturated carbocycles. The Bertz CT molecular complexity index is 980. The number of likely N-dealkylation sites (tertiary alicyclic amines) is 1. The minimum absolute atomic E-state index is 0.0871. The van der Waals surface area contributed by atoms with Gasteiger partial charge in [0.25, 0.3) is 0 Å². The van der Waals surface area contributed by atoms with Crippen LogP contribution in [0, 0.1) is 25.1 Å². The van der Waals surface area contributed by atoms with Crippen molar-refractivity contribution in [2.24, 2.45) is 5.41 Å². The summed E-state index contributed by atoms with van der Waals surface area (Å²) in [6.45, 7) is 7.01. The fourth-order valence-electron chi connectivity index (χ4n) is 4.80. The summed E-state index contributed by atoms with van der Waals surface area (Å²) in [5, 5.41) is 11.5. The molecule has 0 unspecified atom stereocenters. The summed E-state index contributed by atoms with van der Waals surface area (Å²) >= 11 is 0. The van der Waals surface area contributed by atoms with Gasteiger partial charge in [-0.2, -0.15) is 0 Å². The number of aromatic nitrogens is 1. The van der Waals surface area contributed by atoms with Crippen LogP contribution < -0.4 is 0 Å². The van der Waals surface area contributed by atoms with E-state index in [1.807, 2.05) is 12.1 Å². The second-order valence-electron chi connectivity index (χ2n) is 8.47. The first kappa shape index (κ1) is 19.2. The molecular formula is C24H29FN2O. The lowest BCUT2D eigenvalue weighted by Gasteiger charge is -2.42. The average molecular weight is 381 g/mol. The van der Waals surface area contributed by atoms with Crippen LogP contribution in [0.2, 0.25) is 0 Å². The number of piperidine rings is 1. The van der Waals surface area contributed by atoms with E-state index in [0.29, 0.717) is 12.0 Å². The molecule has 2 N–H and O–H groups in total. The van der Waals surface area contributed by atoms with Crippen LogP contribution in [0.15, 0.2) is 42.5 Å². The van der Waals surface area contributed by atoms with Crippen LogP contribution in [-0.4, -0.2) is 34.7 Å². The number of hydrogen-bond donors (Lipinski definition) is 2. The third-order valence-corrected chi connectivity index (χ3v) is 6.34. The normalized spacial score (nSPS) is 20.7. The minimum Gasteiger partial charge on any atom is -0.396 e. The number of benzene rings is 2. The summed E-state index contributed by atoms with van der Waals surface area (Å²) in [5.74, 6) is -0.171. The van der Waals surface area contributed by atoms with E-state index in [2.05, 4.69) is 41.9 Å². The highest BCUT2D eigenvalue weighted by atomic mass is 19.1. The van der Waals surface area contributed by atoms with Crippen LogP contribution in [0.4, 0.5) is 4.39 Å². The molecule has 1 fully saturated rings. The van der Waals surface area contributed by atoms with Crippen molar-refractivity contribution >= 4 is 10.9 Å². The fraction of sp³-hybridized carbons (Fsp3) is 0.417. The Hall–Kier alpha value is -2.17. The van der Waals surface area contributed by atoms with Crippen molar-refractivity contribution in [3.05, 3.63) is 70.7 Å². The Morgan fingerprint density at radius 2 is 1.96 bits per heavy atom. The van der Waals surface area contributed by atoms with Crippen molar-refractivity contribution in [3.63, 3.8) is 0 Å². The van der Waals surface area contributed by atoms with Gasteiger partial charge in [0.2, 0.25) is 0 Å². The molecule has 1 aliphatic heterocycles. The van der Waals surface area contributed by atoms with E-state index < -0.39 is 0 Å². The lowest BCUT2D eigenvalue weighted by Crippen LogP contribution is -2.46. The Balaban J connectivity index is 1.58. The number of H-pyrrole nitrogens is 1. The average Bonchev–Trinajstić information content (AvgIpc) is 3.01. The predicted octanol–water partition coefficient (Wildman–Crippen LogP) is 4.74. The molecule has 2 heterocycles. The number of fused-ring (bicyclic) bond motifs is 1. The molecule has 0 spiro atoms. The highest BCUT2D eigenvalue weighted by Gasteiger charge is 2.36. The second-order valence-corrected chi connectivity index (χ2v) is 8.47. The van der Waals surface area contributed by atoms with Gasteiger partial charge in [-0.1, -0.05) is 36.4 Å². The number of aliphatic hydroxyl groups is 1. The van der Waals surface area contributed by atoms with Crippen molar-refractivity contribution in [2.75, 3.05) is 19.7 Å². The van der Waals surface area contributed by atoms with Crippen LogP contribution >= 0.6 is 0 Å². The van der Waals surface area contributed by atoms with E-state index in [0.717, 1.165) is 32.5 Å². The summed E-state index contributed by atoms with van der Waals surface area (Å²) in [5.41, 5.74) is 5.44. The molecule has 4 heteroatoms. The van der Waals surface area contributed by atoms with Gasteiger partial charge in [0.1, 0.15) is 5.82 Å². The van der Waals surface area contributed by atoms with Gasteiger partial charge in [0.15, 0.2) is 0 Å². The SMILES string of the molecule is Cc1[nH]c2c(C)cccc2c1CN1CCC[C@@](CO)(Cc2ccccc2F)C1. The van der Waals surface area contributed by atoms with Crippen molar-refractivity contribution in [3.8, 4) is 0 Å². The smallest absolute Gasteiger partial charge is 0.126 e. The first-order valence-corrected chi connectivity index (χ1v) is 10.1. The maximum atomic E-state index is 14.2. The number of para-hydroxylation sites is 1. The van der Waals surface area contributed by atoms with E-state index in [-0.39, 0.29) is 17.8 Å². The summed E-state index contributed by atoms with van der Waals surface area (Å²) in [6, 6.07) is 13.4. The van der Waals surface area contributed by atoms with Crippen LogP contribution in [0.3, 0.4) is 0 Å². The zero-order chi connectivity index (χ0) is 19.7. The highest BCUT2D eigenvalue weighted by Crippen LogP contribution is 2.35. The third kappa shape index (κ3) is 3.59. The number of nitrogens with zero attached hydrogens (tertiary/aromatic N) is 1. The van der Waals surface area contributed by atoms with E-state index >= 15 is 0 Å². The Morgan fingerprint density at radius 1 is 1.14 bits per heavy atom. The standard InChI is InChI=1S/C24H29FN2O/c1-17-7-5-9-20-21(18(2)26-23(17)20)14-27-12-6-11-24(15-27,16-28)13-19-8-3-4-10-22(19)25/h3-5,7-10,26,28H,6,11-16H2,1-2H3/t24-/m1/s1. The van der Waals surface area contributed by atoms with Gasteiger partial charge < -0.3 is 10.1 Å². The summed E-state index contributed by atoms with van der Waals surface area (Å²) in [7, 11) is 0. The van der Waals surface area contributed by atoms with E-state index in [4.69, 9.17) is 0 Å². The molecule has 1 atom stereocenters. The Morgan fingerprint density at radius 3 is 2.75 bits per heavy atom. The molecule has 3 aromatic rings. The number of aromatic amines is 1. The van der Waals surface area contributed by atoms with Crippen molar-refractivity contribution in [2.45, 2.75) is 39.7 Å². The molecule has 3 nitrogen and oxygen atoms in total. The van der Waals surface area contributed by atoms with Gasteiger partial charge in [0, 0.05) is 35.1 Å². The summed E-state index contributed by atoms with van der Waals surface area (Å²) < 4.78 is 14.2. The number of aliphatic hydroxyl groups excluding tert-OH is 1. The van der Waals surface area contributed by atoms with Gasteiger partial charge >= 0.3 is 0 Å². The largest absolute Gasteiger partial charge is 0.396 e. The van der Waals surface area contributed by atoms with Crippen molar-refractivity contribution in [1.29, 1.82) is 0 Å². The van der Waals surface area contributed by atoms with Crippen LogP contribution in [0.5, 0.6) is 0 Å². The van der Waals surface area contributed by atoms with Gasteiger partial charge in [0.05, 0.1) is 6.61 Å². The first-order chi connectivity index (χ1) is 13.5. The molecule has 0 amide bonds. The molecule has 4 rings (SSSR count). The predicted molar refractivity (Wildman–Crippen MR) is 112 cm³/mol. The monoisotopic (exact) mass is 380 g/mol. The number of hydrogen-bond acceptors (Lipinski definition) is 2. The lowest BCUT2D eigenvalue weighted by molar-refractivity contribution is 0.0284. The Labute approximate surface area is 166 Å². The molecule has 1 aromatic heterocycles. The molecule has 1 aliphatic rings. The highest BCUT2D eigenvalue weighted by molar-refractivity contribution is 5.87. The third-order valence-electron chi connectivity index (χ3n) is 6.34. The maximum absolute atomic E-state index is 14.2. The van der Waals surface area contributed by atoms with Gasteiger partial charge in [-0.05, 0) is 62.4 Å². The van der Waals surface area contributed by atoms with E-state index in [1.54, 1.807) is 6.07 Å². The molecule has 0 radical (unpaired) electrons. The van der Waals surface area contributed by atoms with E-state index in [9.17, 15) is 9.50 Å². The molecule has 0 bridgehead atoms. The Kier molecular flexibility index (Phi) is 5.26. The summed E-state index contributed by atoms with van der Waals surface area (Å²) in [4.78, 5) is 5.97. The molecule has 2 aromatic carbocycles. The number of halogens is 1. The van der Waals surface area contributed by atoms with Crippen molar-refractivity contribution < 1.29 is 9.50 Å². The van der Waals surface area contributed by atoms with Crippen molar-refractivity contribution in [1.82, 2.24) is 9.88 Å². The molecule has 1 saturated heterocycles. The second kappa shape index (κ2) is 7.69. The zero-order valence-electron chi connectivity index (χ0n) is 16.8. The number of aryl methyl sites for hydroxylation is 2. The number of nitrogens with one attached hydrogen (secondary N) is 1. The topological polar surface area (TPSA) is 39.3 Å². The van der Waals surface area contributed by atoms with Gasteiger partial charge in [-0.25, -0.2) is 4.39 Å². The minimum atomic E-state index is -0.281.